The molecule has 13 heavy (non-hydrogen) atoms. The molecule has 0 aromatic carbocycles. The van der Waals surface area contributed by atoms with Crippen molar-refractivity contribution in [2.45, 2.75) is 25.6 Å². The predicted molar refractivity (Wildman–Crippen MR) is 40.6 cm³/mol. The van der Waals surface area contributed by atoms with Crippen molar-refractivity contribution in [2.24, 2.45) is 0 Å². The molecular formula is C5H7F3N4S. The standard InChI is InChI=1S/C5H7F3N4S/c1-3(2-5(6,7)8)12-4(13)9-10-11-12/h3H,2H2,1H3,(H,9,11,13). The molecule has 1 aromatic heterocycles. The Kier molecular flexibility index (Phi) is 2.69. The summed E-state index contributed by atoms with van der Waals surface area (Å²) in [6.07, 6.45) is -5.16. The van der Waals surface area contributed by atoms with Crippen LogP contribution >= 0.6 is 12.2 Å². The highest BCUT2D eigenvalue weighted by Gasteiger charge is 2.31. The first-order valence-corrected chi connectivity index (χ1v) is 3.87. The van der Waals surface area contributed by atoms with Gasteiger partial charge in [0.1, 0.15) is 0 Å². The van der Waals surface area contributed by atoms with E-state index in [1.165, 1.54) is 6.92 Å². The zero-order chi connectivity index (χ0) is 10.1. The topological polar surface area (TPSA) is 46.5 Å². The van der Waals surface area contributed by atoms with Crippen LogP contribution in [0.5, 0.6) is 0 Å². The van der Waals surface area contributed by atoms with Crippen molar-refractivity contribution in [1.82, 2.24) is 20.2 Å². The largest absolute Gasteiger partial charge is 0.391 e. The zero-order valence-electron chi connectivity index (χ0n) is 6.67. The summed E-state index contributed by atoms with van der Waals surface area (Å²) in [7, 11) is 0. The molecule has 0 amide bonds. The number of tetrazole rings is 1. The molecule has 0 saturated heterocycles. The summed E-state index contributed by atoms with van der Waals surface area (Å²) < 4.78 is 36.9. The highest BCUT2D eigenvalue weighted by Crippen LogP contribution is 2.26. The van der Waals surface area contributed by atoms with Gasteiger partial charge in [0.15, 0.2) is 0 Å². The third kappa shape index (κ3) is 2.79. The Morgan fingerprint density at radius 1 is 1.62 bits per heavy atom. The van der Waals surface area contributed by atoms with Crippen molar-refractivity contribution < 1.29 is 13.2 Å². The highest BCUT2D eigenvalue weighted by atomic mass is 32.1. The Morgan fingerprint density at radius 3 is 2.62 bits per heavy atom. The van der Waals surface area contributed by atoms with Gasteiger partial charge in [-0.25, -0.2) is 4.68 Å². The van der Waals surface area contributed by atoms with Crippen molar-refractivity contribution >= 4 is 12.2 Å². The molecule has 1 aromatic rings. The first-order valence-electron chi connectivity index (χ1n) is 3.46. The van der Waals surface area contributed by atoms with Gasteiger partial charge in [-0.1, -0.05) is 10.3 Å². The Labute approximate surface area is 76.7 Å². The number of aromatic nitrogens is 4. The van der Waals surface area contributed by atoms with Crippen molar-refractivity contribution in [2.75, 3.05) is 0 Å². The van der Waals surface area contributed by atoms with Crippen LogP contribution in [0, 0.1) is 4.77 Å². The van der Waals surface area contributed by atoms with Crippen molar-refractivity contribution in [3.8, 4) is 0 Å². The fourth-order valence-electron chi connectivity index (χ4n) is 0.918. The maximum absolute atomic E-state index is 11.9. The molecule has 0 aliphatic carbocycles. The minimum Gasteiger partial charge on any atom is -0.239 e. The van der Waals surface area contributed by atoms with Crippen LogP contribution in [-0.2, 0) is 0 Å². The molecular weight excluding hydrogens is 205 g/mol. The number of rotatable bonds is 2. The van der Waals surface area contributed by atoms with Crippen LogP contribution in [0.1, 0.15) is 19.4 Å². The normalized spacial score (nSPS) is 14.5. The van der Waals surface area contributed by atoms with E-state index in [-0.39, 0.29) is 4.77 Å². The van der Waals surface area contributed by atoms with E-state index in [2.05, 4.69) is 27.7 Å². The molecule has 0 saturated carbocycles. The number of halogens is 3. The van der Waals surface area contributed by atoms with Gasteiger partial charge in [-0.15, -0.1) is 0 Å². The van der Waals surface area contributed by atoms with Crippen LogP contribution in [0.2, 0.25) is 0 Å². The van der Waals surface area contributed by atoms with Crippen molar-refractivity contribution in [1.29, 1.82) is 0 Å². The van der Waals surface area contributed by atoms with E-state index < -0.39 is 18.6 Å². The lowest BCUT2D eigenvalue weighted by Gasteiger charge is -2.13. The minimum absolute atomic E-state index is 0.0248. The molecule has 1 N–H and O–H groups in total. The Balaban J connectivity index is 2.75. The minimum atomic E-state index is -4.21. The molecule has 0 aliphatic rings. The van der Waals surface area contributed by atoms with E-state index in [9.17, 15) is 13.2 Å². The van der Waals surface area contributed by atoms with Crippen LogP contribution < -0.4 is 0 Å². The van der Waals surface area contributed by atoms with Gasteiger partial charge in [0, 0.05) is 0 Å². The third-order valence-corrected chi connectivity index (χ3v) is 1.74. The van der Waals surface area contributed by atoms with E-state index in [4.69, 9.17) is 0 Å². The lowest BCUT2D eigenvalue weighted by molar-refractivity contribution is -0.142. The van der Waals surface area contributed by atoms with Crippen LogP contribution in [-0.4, -0.2) is 26.4 Å². The van der Waals surface area contributed by atoms with Crippen molar-refractivity contribution in [3.05, 3.63) is 4.77 Å². The summed E-state index contributed by atoms with van der Waals surface area (Å²) >= 11 is 4.64. The Hall–Kier alpha value is -0.920. The second kappa shape index (κ2) is 3.44. The summed E-state index contributed by atoms with van der Waals surface area (Å²) in [6, 6.07) is -0.803. The van der Waals surface area contributed by atoms with Gasteiger partial charge >= 0.3 is 6.18 Å². The quantitative estimate of drug-likeness (QED) is 0.761. The molecule has 0 aliphatic heterocycles. The second-order valence-electron chi connectivity index (χ2n) is 2.62. The Morgan fingerprint density at radius 2 is 2.23 bits per heavy atom. The predicted octanol–water partition coefficient (Wildman–Crippen LogP) is 1.85. The fourth-order valence-corrected chi connectivity index (χ4v) is 1.18. The number of hydrogen-bond acceptors (Lipinski definition) is 3. The molecule has 0 bridgehead atoms. The van der Waals surface area contributed by atoms with E-state index in [1.807, 2.05) is 0 Å². The zero-order valence-corrected chi connectivity index (χ0v) is 7.48. The number of hydrogen-bond donors (Lipinski definition) is 1. The molecule has 1 rings (SSSR count). The van der Waals surface area contributed by atoms with Gasteiger partial charge < -0.3 is 0 Å². The first kappa shape index (κ1) is 10.2. The van der Waals surface area contributed by atoms with Gasteiger partial charge in [0.2, 0.25) is 4.77 Å². The monoisotopic (exact) mass is 212 g/mol. The van der Waals surface area contributed by atoms with Crippen LogP contribution in [0.4, 0.5) is 13.2 Å². The fraction of sp³-hybridized carbons (Fsp3) is 0.800. The van der Waals surface area contributed by atoms with E-state index in [0.717, 1.165) is 4.68 Å². The molecule has 8 heteroatoms. The summed E-state index contributed by atoms with van der Waals surface area (Å²) in [5.74, 6) is 0. The number of H-pyrrole nitrogens is 1. The SMILES string of the molecule is CC(CC(F)(F)F)n1[nH]nnc1=S. The molecule has 4 nitrogen and oxygen atoms in total. The Bertz CT molecular complexity index is 327. The van der Waals surface area contributed by atoms with Gasteiger partial charge in [-0.3, -0.25) is 0 Å². The van der Waals surface area contributed by atoms with Gasteiger partial charge in [0.05, 0.1) is 12.5 Å². The van der Waals surface area contributed by atoms with Crippen molar-refractivity contribution in [3.63, 3.8) is 0 Å². The molecule has 1 unspecified atom stereocenters. The smallest absolute Gasteiger partial charge is 0.239 e. The second-order valence-corrected chi connectivity index (χ2v) is 2.99. The molecule has 1 heterocycles. The maximum atomic E-state index is 11.9. The average molecular weight is 212 g/mol. The summed E-state index contributed by atoms with van der Waals surface area (Å²) in [4.78, 5) is 0. The summed E-state index contributed by atoms with van der Waals surface area (Å²) in [6.45, 7) is 1.39. The first-order chi connectivity index (χ1) is 5.90. The van der Waals surface area contributed by atoms with Gasteiger partial charge in [0.25, 0.3) is 0 Å². The number of aromatic amines is 1. The average Bonchev–Trinajstić information content (AvgIpc) is 2.30. The summed E-state index contributed by atoms with van der Waals surface area (Å²) in [5.41, 5.74) is 0. The maximum Gasteiger partial charge on any atom is 0.391 e. The number of nitrogens with one attached hydrogen (secondary N) is 1. The summed E-state index contributed by atoms with van der Waals surface area (Å²) in [5, 5.41) is 8.94. The molecule has 0 fully saturated rings. The van der Waals surface area contributed by atoms with Crippen LogP contribution in [0.15, 0.2) is 0 Å². The van der Waals surface area contributed by atoms with Gasteiger partial charge in [-0.05, 0) is 19.1 Å². The highest BCUT2D eigenvalue weighted by molar-refractivity contribution is 7.71. The van der Waals surface area contributed by atoms with Crippen LogP contribution in [0.25, 0.3) is 0 Å². The lowest BCUT2D eigenvalue weighted by Crippen LogP contribution is -2.17. The van der Waals surface area contributed by atoms with Gasteiger partial charge in [-0.2, -0.15) is 18.4 Å². The number of alkyl halides is 3. The van der Waals surface area contributed by atoms with E-state index in [1.54, 1.807) is 0 Å². The number of nitrogens with zero attached hydrogens (tertiary/aromatic N) is 3. The van der Waals surface area contributed by atoms with E-state index in [0.29, 0.717) is 0 Å². The molecule has 0 spiro atoms. The lowest BCUT2D eigenvalue weighted by atomic mass is 10.2. The third-order valence-electron chi connectivity index (χ3n) is 1.46. The molecule has 0 radical (unpaired) electrons. The van der Waals surface area contributed by atoms with Crippen LogP contribution in [0.3, 0.4) is 0 Å². The van der Waals surface area contributed by atoms with E-state index >= 15 is 0 Å². The molecule has 1 atom stereocenters. The molecule has 74 valence electrons.